The summed E-state index contributed by atoms with van der Waals surface area (Å²) in [6.45, 7) is 3.96. The molecule has 4 N–H and O–H groups in total. The summed E-state index contributed by atoms with van der Waals surface area (Å²) in [6.07, 6.45) is 1.06. The summed E-state index contributed by atoms with van der Waals surface area (Å²) in [6, 6.07) is 4.57. The van der Waals surface area contributed by atoms with Gasteiger partial charge >= 0.3 is 0 Å². The van der Waals surface area contributed by atoms with E-state index in [2.05, 4.69) is 22.0 Å². The Bertz CT molecular complexity index is 836. The number of carbonyl (C=O) groups excluding carboxylic acids is 1. The minimum Gasteiger partial charge on any atom is -0.396 e. The van der Waals surface area contributed by atoms with Crippen LogP contribution in [0.4, 0.5) is 5.95 Å². The number of fused-ring (bicyclic) bond motifs is 1. The number of benzene rings is 1. The molecular formula is C16H17Cl2N5O2. The fourth-order valence-electron chi connectivity index (χ4n) is 2.90. The quantitative estimate of drug-likeness (QED) is 0.735. The first kappa shape index (κ1) is 17.7. The van der Waals surface area contributed by atoms with Gasteiger partial charge in [0.1, 0.15) is 5.92 Å². The van der Waals surface area contributed by atoms with Crippen LogP contribution in [-0.2, 0) is 11.2 Å². The van der Waals surface area contributed by atoms with E-state index in [0.29, 0.717) is 40.4 Å². The number of amides is 1. The molecule has 1 aliphatic heterocycles. The second kappa shape index (κ2) is 7.03. The number of nitrogens with zero attached hydrogens (tertiary/aromatic N) is 3. The van der Waals surface area contributed by atoms with Crippen LogP contribution in [0, 0.1) is 5.92 Å². The predicted octanol–water partition coefficient (Wildman–Crippen LogP) is 2.14. The van der Waals surface area contributed by atoms with Gasteiger partial charge in [0.2, 0.25) is 11.9 Å². The molecule has 0 saturated heterocycles. The van der Waals surface area contributed by atoms with Crippen molar-refractivity contribution < 1.29 is 9.90 Å². The molecule has 2 heterocycles. The Labute approximate surface area is 154 Å². The van der Waals surface area contributed by atoms with Crippen LogP contribution in [0.1, 0.15) is 23.9 Å². The molecule has 1 aromatic heterocycles. The number of aryl methyl sites for hydroxylation is 1. The lowest BCUT2D eigenvalue weighted by Gasteiger charge is -2.32. The fourth-order valence-corrected chi connectivity index (χ4v) is 3.21. The zero-order valence-electron chi connectivity index (χ0n) is 13.2. The van der Waals surface area contributed by atoms with E-state index in [9.17, 15) is 4.79 Å². The number of hydrogen-bond acceptors (Lipinski definition) is 5. The third-order valence-electron chi connectivity index (χ3n) is 4.05. The maximum Gasteiger partial charge on any atom is 0.229 e. The van der Waals surface area contributed by atoms with Crippen molar-refractivity contribution in [2.24, 2.45) is 11.7 Å². The number of hydrogen-bond donors (Lipinski definition) is 3. The molecule has 25 heavy (non-hydrogen) atoms. The van der Waals surface area contributed by atoms with Crippen molar-refractivity contribution in [2.45, 2.75) is 18.9 Å². The van der Waals surface area contributed by atoms with Gasteiger partial charge in [-0.05, 0) is 24.1 Å². The number of nitrogens with two attached hydrogens (primary N) is 1. The average molecular weight is 382 g/mol. The molecule has 0 spiro atoms. The fraction of sp³-hybridized carbons (Fsp3) is 0.312. The number of carbonyl (C=O) groups is 1. The lowest BCUT2D eigenvalue weighted by molar-refractivity contribution is -0.121. The summed E-state index contributed by atoms with van der Waals surface area (Å²) >= 11 is 12.1. The molecule has 1 aromatic carbocycles. The number of rotatable bonds is 5. The predicted molar refractivity (Wildman–Crippen MR) is 95.5 cm³/mol. The van der Waals surface area contributed by atoms with Crippen LogP contribution in [0.15, 0.2) is 30.5 Å². The molecule has 1 amide bonds. The van der Waals surface area contributed by atoms with E-state index in [4.69, 9.17) is 34.0 Å². The Morgan fingerprint density at radius 2 is 2.16 bits per heavy atom. The van der Waals surface area contributed by atoms with E-state index in [1.165, 1.54) is 0 Å². The molecule has 0 bridgehead atoms. The second-order valence-corrected chi connectivity index (χ2v) is 6.59. The number of primary amides is 1. The molecule has 132 valence electrons. The Kier molecular flexibility index (Phi) is 4.99. The number of aromatic nitrogens is 3. The van der Waals surface area contributed by atoms with Crippen molar-refractivity contribution >= 4 is 35.1 Å². The van der Waals surface area contributed by atoms with E-state index in [1.807, 2.05) is 0 Å². The topological polar surface area (TPSA) is 106 Å². The van der Waals surface area contributed by atoms with Gasteiger partial charge in [-0.15, -0.1) is 0 Å². The molecular weight excluding hydrogens is 365 g/mol. The van der Waals surface area contributed by atoms with Crippen molar-refractivity contribution in [1.82, 2.24) is 14.8 Å². The molecule has 0 unspecified atom stereocenters. The van der Waals surface area contributed by atoms with Crippen LogP contribution >= 0.6 is 23.2 Å². The van der Waals surface area contributed by atoms with Gasteiger partial charge in [0, 0.05) is 18.7 Å². The van der Waals surface area contributed by atoms with Crippen LogP contribution in [0.3, 0.4) is 0 Å². The van der Waals surface area contributed by atoms with E-state index in [1.54, 1.807) is 22.9 Å². The van der Waals surface area contributed by atoms with Gasteiger partial charge in [0.05, 0.1) is 16.1 Å². The van der Waals surface area contributed by atoms with Crippen molar-refractivity contribution in [3.8, 4) is 0 Å². The third-order valence-corrected chi connectivity index (χ3v) is 4.79. The first-order chi connectivity index (χ1) is 11.9. The second-order valence-electron chi connectivity index (χ2n) is 5.77. The van der Waals surface area contributed by atoms with Gasteiger partial charge in [-0.3, -0.25) is 4.79 Å². The Morgan fingerprint density at radius 1 is 1.40 bits per heavy atom. The Balaban J connectivity index is 2.11. The number of aliphatic hydroxyl groups excluding tert-OH is 1. The van der Waals surface area contributed by atoms with Crippen LogP contribution in [0.5, 0.6) is 0 Å². The third kappa shape index (κ3) is 3.35. The molecule has 0 radical (unpaired) electrons. The SMILES string of the molecule is C=C1Nc2nc(CCCO)nn2[C@@H](c2ccc(Cl)c(Cl)c2)[C@@H]1C(N)=O. The van der Waals surface area contributed by atoms with Crippen molar-refractivity contribution in [1.29, 1.82) is 0 Å². The van der Waals surface area contributed by atoms with E-state index in [0.717, 1.165) is 5.56 Å². The lowest BCUT2D eigenvalue weighted by Crippen LogP contribution is -2.40. The molecule has 0 fully saturated rings. The maximum atomic E-state index is 12.1. The van der Waals surface area contributed by atoms with Gasteiger partial charge < -0.3 is 16.2 Å². The monoisotopic (exact) mass is 381 g/mol. The van der Waals surface area contributed by atoms with Gasteiger partial charge in [-0.2, -0.15) is 10.1 Å². The minimum absolute atomic E-state index is 0.0458. The number of halogens is 2. The zero-order valence-corrected chi connectivity index (χ0v) is 14.8. The minimum atomic E-state index is -0.725. The Hall–Kier alpha value is -2.09. The number of aliphatic hydroxyl groups is 1. The Morgan fingerprint density at radius 3 is 2.80 bits per heavy atom. The maximum absolute atomic E-state index is 12.1. The summed E-state index contributed by atoms with van der Waals surface area (Å²) in [5.74, 6) is -0.241. The van der Waals surface area contributed by atoms with Crippen molar-refractivity contribution in [2.75, 3.05) is 11.9 Å². The first-order valence-corrected chi connectivity index (χ1v) is 8.44. The number of nitrogens with one attached hydrogen (secondary N) is 1. The molecule has 3 rings (SSSR count). The van der Waals surface area contributed by atoms with Crippen LogP contribution in [0.2, 0.25) is 10.0 Å². The van der Waals surface area contributed by atoms with Crippen molar-refractivity contribution in [3.05, 3.63) is 51.9 Å². The molecule has 0 aliphatic carbocycles. The number of anilines is 1. The van der Waals surface area contributed by atoms with Gasteiger partial charge in [-0.25, -0.2) is 4.68 Å². The standard InChI is InChI=1S/C16H17Cl2N5O2/c1-8-13(15(19)25)14(9-4-5-10(17)11(18)7-9)23-16(20-8)21-12(22-23)3-2-6-24/h4-5,7,13-14,24H,1-3,6H2,(H2,19,25)(H,20,21,22)/t13-,14+/m1/s1. The summed E-state index contributed by atoms with van der Waals surface area (Å²) in [5.41, 5.74) is 6.77. The highest BCUT2D eigenvalue weighted by atomic mass is 35.5. The largest absolute Gasteiger partial charge is 0.396 e. The normalized spacial score (nSPS) is 19.4. The highest BCUT2D eigenvalue weighted by Gasteiger charge is 2.39. The van der Waals surface area contributed by atoms with E-state index < -0.39 is 17.9 Å². The van der Waals surface area contributed by atoms with Crippen LogP contribution in [0.25, 0.3) is 0 Å². The van der Waals surface area contributed by atoms with Crippen LogP contribution in [-0.4, -0.2) is 32.4 Å². The van der Waals surface area contributed by atoms with Crippen molar-refractivity contribution in [3.63, 3.8) is 0 Å². The lowest BCUT2D eigenvalue weighted by atomic mass is 9.89. The zero-order chi connectivity index (χ0) is 18.1. The average Bonchev–Trinajstić information content (AvgIpc) is 2.96. The van der Waals surface area contributed by atoms with Crippen LogP contribution < -0.4 is 11.1 Å². The summed E-state index contributed by atoms with van der Waals surface area (Å²) in [4.78, 5) is 16.5. The van der Waals surface area contributed by atoms with Gasteiger partial charge in [0.15, 0.2) is 5.82 Å². The van der Waals surface area contributed by atoms with E-state index in [-0.39, 0.29) is 6.61 Å². The summed E-state index contributed by atoms with van der Waals surface area (Å²) in [7, 11) is 0. The summed E-state index contributed by atoms with van der Waals surface area (Å²) in [5, 5.41) is 17.2. The molecule has 1 aliphatic rings. The van der Waals surface area contributed by atoms with Gasteiger partial charge in [0.25, 0.3) is 0 Å². The smallest absolute Gasteiger partial charge is 0.229 e. The molecule has 7 nitrogen and oxygen atoms in total. The molecule has 0 saturated carbocycles. The first-order valence-electron chi connectivity index (χ1n) is 7.68. The molecule has 2 aromatic rings. The highest BCUT2D eigenvalue weighted by Crippen LogP contribution is 2.39. The van der Waals surface area contributed by atoms with E-state index >= 15 is 0 Å². The highest BCUT2D eigenvalue weighted by molar-refractivity contribution is 6.42. The summed E-state index contributed by atoms with van der Waals surface area (Å²) < 4.78 is 1.61. The van der Waals surface area contributed by atoms with Gasteiger partial charge in [-0.1, -0.05) is 35.8 Å². The molecule has 9 heteroatoms. The molecule has 2 atom stereocenters.